The van der Waals surface area contributed by atoms with Crippen molar-refractivity contribution in [3.05, 3.63) is 59.1 Å². The van der Waals surface area contributed by atoms with Crippen LogP contribution in [0.1, 0.15) is 24.2 Å². The molecule has 0 aliphatic rings. The van der Waals surface area contributed by atoms with Gasteiger partial charge in [-0.2, -0.15) is 0 Å². The van der Waals surface area contributed by atoms with Crippen molar-refractivity contribution < 1.29 is 9.59 Å². The zero-order valence-corrected chi connectivity index (χ0v) is 15.1. The molecule has 0 saturated heterocycles. The van der Waals surface area contributed by atoms with Crippen LogP contribution in [-0.2, 0) is 4.79 Å². The van der Waals surface area contributed by atoms with E-state index in [-0.39, 0.29) is 18.4 Å². The van der Waals surface area contributed by atoms with Gasteiger partial charge in [-0.3, -0.25) is 9.59 Å². The Bertz CT molecular complexity index is 710. The van der Waals surface area contributed by atoms with E-state index in [1.807, 2.05) is 24.3 Å². The molecule has 2 rings (SSSR count). The van der Waals surface area contributed by atoms with Gasteiger partial charge in [-0.15, -0.1) is 0 Å². The second-order valence-corrected chi connectivity index (χ2v) is 5.89. The summed E-state index contributed by atoms with van der Waals surface area (Å²) in [6, 6.07) is 14.1. The van der Waals surface area contributed by atoms with E-state index in [4.69, 9.17) is 11.6 Å². The van der Waals surface area contributed by atoms with E-state index in [0.29, 0.717) is 16.3 Å². The number of rotatable bonds is 7. The molecular formula is C19H22ClN3O2. The Morgan fingerprint density at radius 1 is 0.960 bits per heavy atom. The van der Waals surface area contributed by atoms with Crippen LogP contribution < -0.4 is 15.5 Å². The number of benzene rings is 2. The number of anilines is 2. The van der Waals surface area contributed by atoms with Crippen LogP contribution in [-0.4, -0.2) is 31.4 Å². The molecule has 25 heavy (non-hydrogen) atoms. The Morgan fingerprint density at radius 2 is 1.56 bits per heavy atom. The zero-order chi connectivity index (χ0) is 18.2. The number of nitrogens with one attached hydrogen (secondary N) is 2. The molecule has 0 atom stereocenters. The maximum Gasteiger partial charge on any atom is 0.251 e. The molecule has 132 valence electrons. The summed E-state index contributed by atoms with van der Waals surface area (Å²) in [6.07, 6.45) is 0. The van der Waals surface area contributed by atoms with Crippen LogP contribution in [0.3, 0.4) is 0 Å². The van der Waals surface area contributed by atoms with Crippen LogP contribution >= 0.6 is 11.6 Å². The normalized spacial score (nSPS) is 10.2. The highest BCUT2D eigenvalue weighted by Crippen LogP contribution is 2.17. The summed E-state index contributed by atoms with van der Waals surface area (Å²) in [5.74, 6) is -0.596. The lowest BCUT2D eigenvalue weighted by Gasteiger charge is -2.21. The van der Waals surface area contributed by atoms with Crippen molar-refractivity contribution >= 4 is 34.8 Å². The number of halogens is 1. The highest BCUT2D eigenvalue weighted by Gasteiger charge is 2.08. The average Bonchev–Trinajstić information content (AvgIpc) is 2.63. The average molecular weight is 360 g/mol. The molecule has 0 fully saturated rings. The van der Waals surface area contributed by atoms with E-state index in [0.717, 1.165) is 18.8 Å². The van der Waals surface area contributed by atoms with E-state index in [1.165, 1.54) is 0 Å². The molecule has 0 aliphatic carbocycles. The molecule has 0 bridgehead atoms. The van der Waals surface area contributed by atoms with E-state index < -0.39 is 0 Å². The SMILES string of the molecule is CCN(CC)c1ccc(NC(=O)CNC(=O)c2ccc(Cl)cc2)cc1. The highest BCUT2D eigenvalue weighted by molar-refractivity contribution is 6.30. The van der Waals surface area contributed by atoms with Crippen LogP contribution in [0.2, 0.25) is 5.02 Å². The van der Waals surface area contributed by atoms with Crippen molar-refractivity contribution in [2.75, 3.05) is 29.9 Å². The fraction of sp³-hybridized carbons (Fsp3) is 0.263. The quantitative estimate of drug-likeness (QED) is 0.794. The fourth-order valence-electron chi connectivity index (χ4n) is 2.41. The van der Waals surface area contributed by atoms with Crippen molar-refractivity contribution in [3.8, 4) is 0 Å². The topological polar surface area (TPSA) is 61.4 Å². The van der Waals surface area contributed by atoms with Crippen LogP contribution in [0.4, 0.5) is 11.4 Å². The van der Waals surface area contributed by atoms with Crippen molar-refractivity contribution in [3.63, 3.8) is 0 Å². The Hall–Kier alpha value is -2.53. The zero-order valence-electron chi connectivity index (χ0n) is 14.4. The Balaban J connectivity index is 1.85. The molecule has 2 amide bonds. The second-order valence-electron chi connectivity index (χ2n) is 5.46. The standard InChI is InChI=1S/C19H22ClN3O2/c1-3-23(4-2)17-11-9-16(10-12-17)22-18(24)13-21-19(25)14-5-7-15(20)8-6-14/h5-12H,3-4,13H2,1-2H3,(H,21,25)(H,22,24). The lowest BCUT2D eigenvalue weighted by atomic mass is 10.2. The molecule has 0 aromatic heterocycles. The summed E-state index contributed by atoms with van der Waals surface area (Å²) < 4.78 is 0. The third-order valence-corrected chi connectivity index (χ3v) is 4.05. The maximum absolute atomic E-state index is 12.0. The van der Waals surface area contributed by atoms with E-state index in [1.54, 1.807) is 24.3 Å². The van der Waals surface area contributed by atoms with Gasteiger partial charge in [-0.05, 0) is 62.4 Å². The predicted octanol–water partition coefficient (Wildman–Crippen LogP) is 3.55. The fourth-order valence-corrected chi connectivity index (χ4v) is 2.54. The molecule has 5 nitrogen and oxygen atoms in total. The first-order valence-corrected chi connectivity index (χ1v) is 8.60. The Labute approximate surface area is 153 Å². The maximum atomic E-state index is 12.0. The number of hydrogen-bond acceptors (Lipinski definition) is 3. The largest absolute Gasteiger partial charge is 0.372 e. The molecule has 0 aliphatic heterocycles. The molecule has 0 unspecified atom stereocenters. The lowest BCUT2D eigenvalue weighted by molar-refractivity contribution is -0.115. The minimum atomic E-state index is -0.316. The van der Waals surface area contributed by atoms with Crippen LogP contribution in [0.15, 0.2) is 48.5 Å². The summed E-state index contributed by atoms with van der Waals surface area (Å²) in [5, 5.41) is 5.91. The first kappa shape index (κ1) is 18.8. The first-order chi connectivity index (χ1) is 12.0. The molecule has 0 radical (unpaired) electrons. The van der Waals surface area contributed by atoms with Gasteiger partial charge in [0.25, 0.3) is 5.91 Å². The van der Waals surface area contributed by atoms with Gasteiger partial charge in [0.15, 0.2) is 0 Å². The highest BCUT2D eigenvalue weighted by atomic mass is 35.5. The van der Waals surface area contributed by atoms with Crippen LogP contribution in [0, 0.1) is 0 Å². The predicted molar refractivity (Wildman–Crippen MR) is 102 cm³/mol. The Morgan fingerprint density at radius 3 is 2.12 bits per heavy atom. The van der Waals surface area contributed by atoms with E-state index >= 15 is 0 Å². The summed E-state index contributed by atoms with van der Waals surface area (Å²) in [6.45, 7) is 5.96. The van der Waals surface area contributed by atoms with E-state index in [9.17, 15) is 9.59 Å². The minimum Gasteiger partial charge on any atom is -0.372 e. The monoisotopic (exact) mass is 359 g/mol. The van der Waals surface area contributed by atoms with Crippen LogP contribution in [0.25, 0.3) is 0 Å². The van der Waals surface area contributed by atoms with Gasteiger partial charge in [0.1, 0.15) is 0 Å². The number of hydrogen-bond donors (Lipinski definition) is 2. The second kappa shape index (κ2) is 9.08. The number of amides is 2. The summed E-state index contributed by atoms with van der Waals surface area (Å²) in [5.41, 5.74) is 2.27. The summed E-state index contributed by atoms with van der Waals surface area (Å²) in [4.78, 5) is 26.2. The van der Waals surface area contributed by atoms with Crippen molar-refractivity contribution in [2.24, 2.45) is 0 Å². The molecule has 6 heteroatoms. The third-order valence-electron chi connectivity index (χ3n) is 3.80. The number of carbonyl (C=O) groups is 2. The first-order valence-electron chi connectivity index (χ1n) is 8.22. The van der Waals surface area contributed by atoms with Crippen LogP contribution in [0.5, 0.6) is 0 Å². The van der Waals surface area contributed by atoms with E-state index in [2.05, 4.69) is 29.4 Å². The summed E-state index contributed by atoms with van der Waals surface area (Å²) >= 11 is 5.78. The molecule has 2 N–H and O–H groups in total. The molecule has 2 aromatic rings. The molecule has 0 heterocycles. The van der Waals surface area contributed by atoms with Gasteiger partial charge in [0, 0.05) is 35.1 Å². The van der Waals surface area contributed by atoms with Crippen molar-refractivity contribution in [1.82, 2.24) is 5.32 Å². The van der Waals surface area contributed by atoms with Gasteiger partial charge >= 0.3 is 0 Å². The van der Waals surface area contributed by atoms with Gasteiger partial charge in [-0.1, -0.05) is 11.6 Å². The molecule has 2 aromatic carbocycles. The van der Waals surface area contributed by atoms with Gasteiger partial charge in [-0.25, -0.2) is 0 Å². The van der Waals surface area contributed by atoms with Gasteiger partial charge < -0.3 is 15.5 Å². The number of nitrogens with zero attached hydrogens (tertiary/aromatic N) is 1. The van der Waals surface area contributed by atoms with Gasteiger partial charge in [0.05, 0.1) is 6.54 Å². The molecule has 0 spiro atoms. The minimum absolute atomic E-state index is 0.0980. The molecule has 0 saturated carbocycles. The lowest BCUT2D eigenvalue weighted by Crippen LogP contribution is -2.32. The Kier molecular flexibility index (Phi) is 6.83. The van der Waals surface area contributed by atoms with Gasteiger partial charge in [0.2, 0.25) is 5.91 Å². The number of carbonyl (C=O) groups excluding carboxylic acids is 2. The summed E-state index contributed by atoms with van der Waals surface area (Å²) in [7, 11) is 0. The van der Waals surface area contributed by atoms with Crippen molar-refractivity contribution in [2.45, 2.75) is 13.8 Å². The smallest absolute Gasteiger partial charge is 0.251 e. The third kappa shape index (κ3) is 5.50. The van der Waals surface area contributed by atoms with Crippen molar-refractivity contribution in [1.29, 1.82) is 0 Å². The molecular weight excluding hydrogens is 338 g/mol.